The number of aromatic hydroxyl groups is 2. The summed E-state index contributed by atoms with van der Waals surface area (Å²) in [5.41, 5.74) is 2.11. The van der Waals surface area contributed by atoms with E-state index in [2.05, 4.69) is 15.3 Å². The molecule has 3 N–H and O–H groups in total. The van der Waals surface area contributed by atoms with Crippen molar-refractivity contribution in [2.24, 2.45) is 0 Å². The van der Waals surface area contributed by atoms with Gasteiger partial charge in [-0.05, 0) is 44.0 Å². The number of hydrogen-bond acceptors (Lipinski definition) is 5. The summed E-state index contributed by atoms with van der Waals surface area (Å²) in [4.78, 5) is 8.60. The molecule has 0 spiro atoms. The molecule has 98 valence electrons. The molecule has 1 aliphatic carbocycles. The third-order valence-corrected chi connectivity index (χ3v) is 3.17. The van der Waals surface area contributed by atoms with E-state index in [1.54, 1.807) is 31.2 Å². The van der Waals surface area contributed by atoms with Crippen LogP contribution in [0.3, 0.4) is 0 Å². The summed E-state index contributed by atoms with van der Waals surface area (Å²) < 4.78 is 0. The quantitative estimate of drug-likeness (QED) is 0.737. The fourth-order valence-corrected chi connectivity index (χ4v) is 1.96. The Labute approximate surface area is 111 Å². The Bertz CT molecular complexity index is 607. The molecule has 0 radical (unpaired) electrons. The lowest BCUT2D eigenvalue weighted by Crippen LogP contribution is -2.02. The summed E-state index contributed by atoms with van der Waals surface area (Å²) in [6.45, 7) is 1.77. The topological polar surface area (TPSA) is 78.3 Å². The highest BCUT2D eigenvalue weighted by atomic mass is 16.3. The monoisotopic (exact) mass is 257 g/mol. The van der Waals surface area contributed by atoms with E-state index in [-0.39, 0.29) is 11.5 Å². The minimum atomic E-state index is 0.207. The van der Waals surface area contributed by atoms with Crippen LogP contribution in [0.5, 0.6) is 11.5 Å². The Hall–Kier alpha value is -2.30. The largest absolute Gasteiger partial charge is 0.508 e. The van der Waals surface area contributed by atoms with E-state index in [4.69, 9.17) is 0 Å². The second-order valence-electron chi connectivity index (χ2n) is 4.81. The van der Waals surface area contributed by atoms with Gasteiger partial charge in [-0.25, -0.2) is 9.97 Å². The lowest BCUT2D eigenvalue weighted by Gasteiger charge is -2.10. The Balaban J connectivity index is 1.90. The van der Waals surface area contributed by atoms with Gasteiger partial charge in [-0.1, -0.05) is 0 Å². The highest BCUT2D eigenvalue weighted by molar-refractivity contribution is 5.55. The third-order valence-electron chi connectivity index (χ3n) is 3.17. The van der Waals surface area contributed by atoms with Gasteiger partial charge in [-0.2, -0.15) is 0 Å². The molecule has 5 nitrogen and oxygen atoms in total. The number of phenols is 1. The zero-order chi connectivity index (χ0) is 13.4. The van der Waals surface area contributed by atoms with Crippen molar-refractivity contribution in [2.75, 3.05) is 5.32 Å². The van der Waals surface area contributed by atoms with Crippen LogP contribution in [0.1, 0.15) is 30.1 Å². The van der Waals surface area contributed by atoms with Gasteiger partial charge in [-0.15, -0.1) is 0 Å². The summed E-state index contributed by atoms with van der Waals surface area (Å²) in [6, 6.07) is 6.68. The van der Waals surface area contributed by atoms with Crippen molar-refractivity contribution in [3.05, 3.63) is 35.7 Å². The minimum absolute atomic E-state index is 0.207. The van der Waals surface area contributed by atoms with Gasteiger partial charge in [-0.3, -0.25) is 0 Å². The Morgan fingerprint density at radius 1 is 1.11 bits per heavy atom. The molecule has 1 heterocycles. The molecule has 1 saturated carbocycles. The normalized spacial score (nSPS) is 14.4. The lowest BCUT2D eigenvalue weighted by atomic mass is 10.2. The van der Waals surface area contributed by atoms with Crippen molar-refractivity contribution >= 4 is 11.6 Å². The first kappa shape index (κ1) is 11.8. The molecule has 19 heavy (non-hydrogen) atoms. The van der Waals surface area contributed by atoms with Crippen LogP contribution in [0, 0.1) is 6.92 Å². The van der Waals surface area contributed by atoms with Crippen LogP contribution in [0.4, 0.5) is 11.6 Å². The summed E-state index contributed by atoms with van der Waals surface area (Å²) in [5, 5.41) is 22.3. The zero-order valence-corrected chi connectivity index (χ0v) is 10.6. The molecule has 2 aromatic rings. The number of phenolic OH excluding ortho intramolecular Hbond substituents is 1. The number of benzene rings is 1. The summed E-state index contributed by atoms with van der Waals surface area (Å²) in [5.74, 6) is 1.26. The summed E-state index contributed by atoms with van der Waals surface area (Å²) >= 11 is 0. The van der Waals surface area contributed by atoms with Crippen molar-refractivity contribution in [3.63, 3.8) is 0 Å². The van der Waals surface area contributed by atoms with Gasteiger partial charge >= 0.3 is 0 Å². The standard InChI is InChI=1S/C14H15N3O2/c1-8-13(19)12(9-2-3-9)17-14(15-8)16-10-4-6-11(18)7-5-10/h4-7,9,18-19H,2-3H2,1H3,(H,15,16,17). The number of aromatic nitrogens is 2. The molecule has 0 aliphatic heterocycles. The smallest absolute Gasteiger partial charge is 0.227 e. The highest BCUT2D eigenvalue weighted by Gasteiger charge is 2.29. The number of nitrogens with zero attached hydrogens (tertiary/aromatic N) is 2. The van der Waals surface area contributed by atoms with Gasteiger partial charge in [0.2, 0.25) is 5.95 Å². The lowest BCUT2D eigenvalue weighted by molar-refractivity contribution is 0.456. The second kappa shape index (κ2) is 4.42. The second-order valence-corrected chi connectivity index (χ2v) is 4.81. The molecule has 1 fully saturated rings. The van der Waals surface area contributed by atoms with Gasteiger partial charge in [0.25, 0.3) is 0 Å². The number of aryl methyl sites for hydroxylation is 1. The molecule has 1 aromatic heterocycles. The van der Waals surface area contributed by atoms with Crippen LogP contribution in [-0.2, 0) is 0 Å². The molecule has 5 heteroatoms. The van der Waals surface area contributed by atoms with Crippen molar-refractivity contribution in [1.29, 1.82) is 0 Å². The van der Waals surface area contributed by atoms with E-state index in [0.717, 1.165) is 24.2 Å². The van der Waals surface area contributed by atoms with Crippen LogP contribution in [0.2, 0.25) is 0 Å². The number of anilines is 2. The van der Waals surface area contributed by atoms with Crippen LogP contribution in [0.15, 0.2) is 24.3 Å². The first-order chi connectivity index (χ1) is 9.13. The minimum Gasteiger partial charge on any atom is -0.508 e. The van der Waals surface area contributed by atoms with Crippen molar-refractivity contribution in [2.45, 2.75) is 25.7 Å². The maximum Gasteiger partial charge on any atom is 0.227 e. The first-order valence-corrected chi connectivity index (χ1v) is 6.27. The van der Waals surface area contributed by atoms with Crippen LogP contribution in [-0.4, -0.2) is 20.2 Å². The van der Waals surface area contributed by atoms with E-state index < -0.39 is 0 Å². The molecular weight excluding hydrogens is 242 g/mol. The van der Waals surface area contributed by atoms with E-state index in [0.29, 0.717) is 17.6 Å². The predicted molar refractivity (Wildman–Crippen MR) is 71.8 cm³/mol. The first-order valence-electron chi connectivity index (χ1n) is 6.27. The molecule has 0 amide bonds. The Kier molecular flexibility index (Phi) is 2.74. The van der Waals surface area contributed by atoms with Gasteiger partial charge in [0.05, 0.1) is 11.4 Å². The van der Waals surface area contributed by atoms with E-state index in [9.17, 15) is 10.2 Å². The van der Waals surface area contributed by atoms with Gasteiger partial charge in [0.15, 0.2) is 5.75 Å². The third kappa shape index (κ3) is 2.45. The summed E-state index contributed by atoms with van der Waals surface area (Å²) in [7, 11) is 0. The maximum absolute atomic E-state index is 9.95. The number of nitrogens with one attached hydrogen (secondary N) is 1. The van der Waals surface area contributed by atoms with Gasteiger partial charge in [0.1, 0.15) is 5.75 Å². The van der Waals surface area contributed by atoms with E-state index >= 15 is 0 Å². The average molecular weight is 257 g/mol. The molecule has 0 unspecified atom stereocenters. The van der Waals surface area contributed by atoms with Gasteiger partial charge < -0.3 is 15.5 Å². The molecule has 3 rings (SSSR count). The average Bonchev–Trinajstić information content (AvgIpc) is 3.21. The Morgan fingerprint density at radius 2 is 1.79 bits per heavy atom. The van der Waals surface area contributed by atoms with Gasteiger partial charge in [0, 0.05) is 11.6 Å². The molecular formula is C14H15N3O2. The highest BCUT2D eigenvalue weighted by Crippen LogP contribution is 2.43. The zero-order valence-electron chi connectivity index (χ0n) is 10.6. The predicted octanol–water partition coefficient (Wildman–Crippen LogP) is 2.82. The molecule has 1 aromatic carbocycles. The molecule has 0 atom stereocenters. The van der Waals surface area contributed by atoms with E-state index in [1.807, 2.05) is 0 Å². The van der Waals surface area contributed by atoms with Crippen LogP contribution >= 0.6 is 0 Å². The van der Waals surface area contributed by atoms with Crippen LogP contribution in [0.25, 0.3) is 0 Å². The number of hydrogen-bond donors (Lipinski definition) is 3. The molecule has 0 bridgehead atoms. The van der Waals surface area contributed by atoms with Crippen molar-refractivity contribution in [3.8, 4) is 11.5 Å². The Morgan fingerprint density at radius 3 is 2.42 bits per heavy atom. The SMILES string of the molecule is Cc1nc(Nc2ccc(O)cc2)nc(C2CC2)c1O. The fourth-order valence-electron chi connectivity index (χ4n) is 1.96. The van der Waals surface area contributed by atoms with Crippen LogP contribution < -0.4 is 5.32 Å². The summed E-state index contributed by atoms with van der Waals surface area (Å²) in [6.07, 6.45) is 2.14. The van der Waals surface area contributed by atoms with E-state index in [1.165, 1.54) is 0 Å². The van der Waals surface area contributed by atoms with Crippen molar-refractivity contribution in [1.82, 2.24) is 9.97 Å². The molecule has 1 aliphatic rings. The van der Waals surface area contributed by atoms with Crippen molar-refractivity contribution < 1.29 is 10.2 Å². The molecule has 0 saturated heterocycles. The maximum atomic E-state index is 9.95. The fraction of sp³-hybridized carbons (Fsp3) is 0.286. The number of rotatable bonds is 3.